The van der Waals surface area contributed by atoms with Crippen molar-refractivity contribution in [3.05, 3.63) is 0 Å². The molecule has 1 fully saturated rings. The Morgan fingerprint density at radius 1 is 1.54 bits per heavy atom. The topological polar surface area (TPSA) is 6.48 Å². The minimum atomic E-state index is 0.878. The lowest BCUT2D eigenvalue weighted by molar-refractivity contribution is 0.170. The zero-order valence-corrected chi connectivity index (χ0v) is 9.76. The van der Waals surface area contributed by atoms with E-state index in [2.05, 4.69) is 36.5 Å². The third-order valence-electron chi connectivity index (χ3n) is 2.77. The van der Waals surface area contributed by atoms with Crippen LogP contribution in [0.4, 0.5) is 0 Å². The Hall–Kier alpha value is 0.270. The zero-order chi connectivity index (χ0) is 9.68. The average molecular weight is 202 g/mol. The molecule has 0 N–H and O–H groups in total. The summed E-state index contributed by atoms with van der Waals surface area (Å²) in [4.78, 5) is 4.85. The highest BCUT2D eigenvalue weighted by Gasteiger charge is 2.17. The van der Waals surface area contributed by atoms with Crippen molar-refractivity contribution in [2.45, 2.75) is 12.8 Å². The summed E-state index contributed by atoms with van der Waals surface area (Å²) < 4.78 is 0. The van der Waals surface area contributed by atoms with Crippen LogP contribution >= 0.6 is 12.6 Å². The lowest BCUT2D eigenvalue weighted by Crippen LogP contribution is -2.38. The highest BCUT2D eigenvalue weighted by Crippen LogP contribution is 2.15. The van der Waals surface area contributed by atoms with Crippen LogP contribution < -0.4 is 0 Å². The molecule has 1 aliphatic heterocycles. The van der Waals surface area contributed by atoms with E-state index in [0.29, 0.717) is 0 Å². The van der Waals surface area contributed by atoms with Crippen molar-refractivity contribution in [3.8, 4) is 0 Å². The average Bonchev–Trinajstić information content (AvgIpc) is 2.04. The Morgan fingerprint density at radius 3 is 2.92 bits per heavy atom. The standard InChI is InChI=1S/C10H22N2S/c1-11-5-3-4-10(8-11)9-12(2)6-7-13/h10,13H,3-9H2,1-2H3. The molecule has 0 radical (unpaired) electrons. The van der Waals surface area contributed by atoms with Crippen molar-refractivity contribution in [2.24, 2.45) is 5.92 Å². The van der Waals surface area contributed by atoms with Crippen LogP contribution in [0.2, 0.25) is 0 Å². The molecule has 0 aromatic carbocycles. The normalized spacial score (nSPS) is 25.4. The first kappa shape index (κ1) is 11.3. The maximum absolute atomic E-state index is 4.24. The van der Waals surface area contributed by atoms with Gasteiger partial charge in [-0.3, -0.25) is 0 Å². The van der Waals surface area contributed by atoms with Crippen LogP contribution in [-0.2, 0) is 0 Å². The van der Waals surface area contributed by atoms with Gasteiger partial charge in [-0.15, -0.1) is 0 Å². The first-order valence-corrected chi connectivity index (χ1v) is 5.83. The largest absolute Gasteiger partial charge is 0.306 e. The molecule has 2 nitrogen and oxygen atoms in total. The van der Waals surface area contributed by atoms with Gasteiger partial charge in [0, 0.05) is 25.4 Å². The lowest BCUT2D eigenvalue weighted by atomic mass is 9.98. The predicted molar refractivity (Wildman–Crippen MR) is 61.6 cm³/mol. The first-order chi connectivity index (χ1) is 6.22. The smallest absolute Gasteiger partial charge is 0.00669 e. The van der Waals surface area contributed by atoms with Crippen LogP contribution in [0.1, 0.15) is 12.8 Å². The summed E-state index contributed by atoms with van der Waals surface area (Å²) in [7, 11) is 4.43. The Bertz CT molecular complexity index is 141. The molecule has 0 amide bonds. The summed E-state index contributed by atoms with van der Waals surface area (Å²) in [6.45, 7) is 4.91. The van der Waals surface area contributed by atoms with Crippen LogP contribution in [0.15, 0.2) is 0 Å². The van der Waals surface area contributed by atoms with Crippen LogP contribution in [0.25, 0.3) is 0 Å². The number of nitrogens with zero attached hydrogens (tertiary/aromatic N) is 2. The molecule has 0 saturated carbocycles. The van der Waals surface area contributed by atoms with Crippen molar-refractivity contribution in [2.75, 3.05) is 46.0 Å². The van der Waals surface area contributed by atoms with E-state index in [-0.39, 0.29) is 0 Å². The van der Waals surface area contributed by atoms with Crippen LogP contribution in [0.3, 0.4) is 0 Å². The molecule has 1 heterocycles. The summed E-state index contributed by atoms with van der Waals surface area (Å²) in [6.07, 6.45) is 2.77. The maximum Gasteiger partial charge on any atom is 0.00669 e. The fourth-order valence-corrected chi connectivity index (χ4v) is 2.47. The SMILES string of the molecule is CN(CCS)CC1CCCN(C)C1. The van der Waals surface area contributed by atoms with Gasteiger partial charge in [-0.05, 0) is 39.4 Å². The van der Waals surface area contributed by atoms with Crippen LogP contribution in [0, 0.1) is 5.92 Å². The fraction of sp³-hybridized carbons (Fsp3) is 1.00. The highest BCUT2D eigenvalue weighted by molar-refractivity contribution is 7.80. The van der Waals surface area contributed by atoms with E-state index in [1.807, 2.05) is 0 Å². The quantitative estimate of drug-likeness (QED) is 0.684. The summed E-state index contributed by atoms with van der Waals surface area (Å²) in [5.74, 6) is 1.85. The molecule has 0 spiro atoms. The Kier molecular flexibility index (Phi) is 5.14. The van der Waals surface area contributed by atoms with Gasteiger partial charge in [-0.1, -0.05) is 0 Å². The van der Waals surface area contributed by atoms with Crippen molar-refractivity contribution >= 4 is 12.6 Å². The third-order valence-corrected chi connectivity index (χ3v) is 2.97. The Balaban J connectivity index is 2.19. The molecule has 3 heteroatoms. The monoisotopic (exact) mass is 202 g/mol. The minimum Gasteiger partial charge on any atom is -0.306 e. The fourth-order valence-electron chi connectivity index (χ4n) is 2.13. The van der Waals surface area contributed by atoms with E-state index in [1.165, 1.54) is 32.5 Å². The summed E-state index contributed by atoms with van der Waals surface area (Å²) >= 11 is 4.24. The van der Waals surface area contributed by atoms with Gasteiger partial charge in [0.25, 0.3) is 0 Å². The summed E-state index contributed by atoms with van der Waals surface area (Å²) in [5, 5.41) is 0. The van der Waals surface area contributed by atoms with Gasteiger partial charge in [0.2, 0.25) is 0 Å². The van der Waals surface area contributed by atoms with Gasteiger partial charge in [0.05, 0.1) is 0 Å². The van der Waals surface area contributed by atoms with E-state index in [0.717, 1.165) is 18.2 Å². The molecule has 1 rings (SSSR count). The van der Waals surface area contributed by atoms with Crippen LogP contribution in [-0.4, -0.2) is 55.8 Å². The van der Waals surface area contributed by atoms with E-state index in [1.54, 1.807) is 0 Å². The maximum atomic E-state index is 4.24. The molecule has 1 atom stereocenters. The van der Waals surface area contributed by atoms with Gasteiger partial charge in [-0.25, -0.2) is 0 Å². The van der Waals surface area contributed by atoms with E-state index >= 15 is 0 Å². The van der Waals surface area contributed by atoms with Crippen molar-refractivity contribution in [3.63, 3.8) is 0 Å². The summed E-state index contributed by atoms with van der Waals surface area (Å²) in [5.41, 5.74) is 0. The Morgan fingerprint density at radius 2 is 2.31 bits per heavy atom. The third kappa shape index (κ3) is 4.34. The number of rotatable bonds is 4. The minimum absolute atomic E-state index is 0.878. The van der Waals surface area contributed by atoms with Gasteiger partial charge in [-0.2, -0.15) is 12.6 Å². The highest BCUT2D eigenvalue weighted by atomic mass is 32.1. The molecule has 0 bridgehead atoms. The predicted octanol–water partition coefficient (Wildman–Crippen LogP) is 1.19. The van der Waals surface area contributed by atoms with Crippen molar-refractivity contribution in [1.29, 1.82) is 0 Å². The molecular formula is C10H22N2S. The van der Waals surface area contributed by atoms with E-state index in [9.17, 15) is 0 Å². The van der Waals surface area contributed by atoms with E-state index < -0.39 is 0 Å². The number of hydrogen-bond donors (Lipinski definition) is 1. The summed E-state index contributed by atoms with van der Waals surface area (Å²) in [6, 6.07) is 0. The second-order valence-electron chi connectivity index (χ2n) is 4.26. The van der Waals surface area contributed by atoms with Gasteiger partial charge < -0.3 is 9.80 Å². The molecule has 1 unspecified atom stereocenters. The second-order valence-corrected chi connectivity index (χ2v) is 4.70. The van der Waals surface area contributed by atoms with Gasteiger partial charge >= 0.3 is 0 Å². The molecule has 0 aliphatic carbocycles. The molecular weight excluding hydrogens is 180 g/mol. The molecule has 1 saturated heterocycles. The molecule has 13 heavy (non-hydrogen) atoms. The zero-order valence-electron chi connectivity index (χ0n) is 8.87. The lowest BCUT2D eigenvalue weighted by Gasteiger charge is -2.32. The number of thiol groups is 1. The molecule has 1 aliphatic rings. The first-order valence-electron chi connectivity index (χ1n) is 5.20. The van der Waals surface area contributed by atoms with Crippen molar-refractivity contribution in [1.82, 2.24) is 9.80 Å². The Labute approximate surface area is 87.7 Å². The van der Waals surface area contributed by atoms with Crippen LogP contribution in [0.5, 0.6) is 0 Å². The van der Waals surface area contributed by atoms with Gasteiger partial charge in [0.15, 0.2) is 0 Å². The van der Waals surface area contributed by atoms with Crippen molar-refractivity contribution < 1.29 is 0 Å². The number of piperidine rings is 1. The molecule has 0 aromatic heterocycles. The second kappa shape index (κ2) is 5.89. The van der Waals surface area contributed by atoms with Gasteiger partial charge in [0.1, 0.15) is 0 Å². The number of likely N-dealkylation sites (tertiary alicyclic amines) is 1. The number of hydrogen-bond acceptors (Lipinski definition) is 3. The molecule has 0 aromatic rings. The van der Waals surface area contributed by atoms with E-state index in [4.69, 9.17) is 0 Å². The molecule has 78 valence electrons.